The number of hydrogen-bond acceptors (Lipinski definition) is 4. The zero-order valence-electron chi connectivity index (χ0n) is 17.3. The fraction of sp³-hybridized carbons (Fsp3) is 0.348. The number of hydrogen-bond donors (Lipinski definition) is 1. The van der Waals surface area contributed by atoms with Crippen molar-refractivity contribution in [2.75, 3.05) is 0 Å². The van der Waals surface area contributed by atoms with Crippen LogP contribution in [0.5, 0.6) is 0 Å². The normalized spacial score (nSPS) is 12.5. The van der Waals surface area contributed by atoms with Crippen LogP contribution in [-0.4, -0.2) is 20.3 Å². The highest BCUT2D eigenvalue weighted by atomic mass is 32.1. The molecule has 0 aliphatic rings. The second-order valence-corrected chi connectivity index (χ2v) is 8.51. The van der Waals surface area contributed by atoms with Gasteiger partial charge in [0.25, 0.3) is 5.56 Å². The van der Waals surface area contributed by atoms with Gasteiger partial charge in [0.15, 0.2) is 0 Å². The Morgan fingerprint density at radius 3 is 2.80 bits per heavy atom. The lowest BCUT2D eigenvalue weighted by molar-refractivity contribution is -0.122. The number of benzene rings is 1. The summed E-state index contributed by atoms with van der Waals surface area (Å²) < 4.78 is 3.39. The van der Waals surface area contributed by atoms with E-state index in [9.17, 15) is 9.59 Å². The van der Waals surface area contributed by atoms with E-state index in [1.54, 1.807) is 24.6 Å². The van der Waals surface area contributed by atoms with Crippen molar-refractivity contribution in [1.29, 1.82) is 0 Å². The Balaban J connectivity index is 1.51. The van der Waals surface area contributed by atoms with Gasteiger partial charge >= 0.3 is 0 Å². The van der Waals surface area contributed by atoms with Crippen LogP contribution in [0.1, 0.15) is 43.5 Å². The zero-order chi connectivity index (χ0) is 21.1. The van der Waals surface area contributed by atoms with Gasteiger partial charge in [0.05, 0.1) is 12.2 Å². The third kappa shape index (κ3) is 3.89. The third-order valence-corrected chi connectivity index (χ3v) is 6.44. The Bertz CT molecular complexity index is 1220. The Morgan fingerprint density at radius 2 is 2.03 bits per heavy atom. The van der Waals surface area contributed by atoms with E-state index in [0.29, 0.717) is 24.9 Å². The first-order chi connectivity index (χ1) is 14.6. The number of aromatic nitrogens is 3. The molecular weight excluding hydrogens is 396 g/mol. The second-order valence-electron chi connectivity index (χ2n) is 7.53. The van der Waals surface area contributed by atoms with Crippen LogP contribution in [0.2, 0.25) is 0 Å². The van der Waals surface area contributed by atoms with Gasteiger partial charge in [0.2, 0.25) is 5.91 Å². The Labute approximate surface area is 179 Å². The molecule has 0 spiro atoms. The van der Waals surface area contributed by atoms with Gasteiger partial charge < -0.3 is 9.88 Å². The summed E-state index contributed by atoms with van der Waals surface area (Å²) in [7, 11) is 1.66. The topological polar surface area (TPSA) is 68.9 Å². The van der Waals surface area contributed by atoms with E-state index >= 15 is 0 Å². The summed E-state index contributed by atoms with van der Waals surface area (Å²) in [6.45, 7) is 2.73. The Hall–Kier alpha value is -2.93. The summed E-state index contributed by atoms with van der Waals surface area (Å²) in [5, 5.41) is 11.3. The van der Waals surface area contributed by atoms with Crippen LogP contribution in [0, 0.1) is 0 Å². The predicted molar refractivity (Wildman–Crippen MR) is 122 cm³/mol. The number of carbonyl (C=O) groups is 1. The molecule has 6 nitrogen and oxygen atoms in total. The first-order valence-corrected chi connectivity index (χ1v) is 11.2. The number of aryl methyl sites for hydroxylation is 2. The molecule has 4 rings (SSSR count). The number of nitrogens with zero attached hydrogens (tertiary/aromatic N) is 3. The van der Waals surface area contributed by atoms with Crippen molar-refractivity contribution >= 4 is 39.0 Å². The minimum atomic E-state index is -0.117. The van der Waals surface area contributed by atoms with Crippen LogP contribution in [0.15, 0.2) is 52.8 Å². The van der Waals surface area contributed by atoms with Gasteiger partial charge in [-0.05, 0) is 30.4 Å². The van der Waals surface area contributed by atoms with Crippen LogP contribution < -0.4 is 10.9 Å². The SMILES string of the molecule is CCCC(NC(=O)CCCn1c2ccccc2c2cnn(C)c(=O)c21)c1cccs1. The zero-order valence-corrected chi connectivity index (χ0v) is 18.1. The lowest BCUT2D eigenvalue weighted by Crippen LogP contribution is -2.28. The Kier molecular flexibility index (Phi) is 5.99. The molecule has 1 N–H and O–H groups in total. The van der Waals surface area contributed by atoms with Crippen LogP contribution in [-0.2, 0) is 18.4 Å². The van der Waals surface area contributed by atoms with Gasteiger partial charge in [0, 0.05) is 41.2 Å². The number of carbonyl (C=O) groups excluding carboxylic acids is 1. The molecule has 0 bridgehead atoms. The lowest BCUT2D eigenvalue weighted by atomic mass is 10.1. The summed E-state index contributed by atoms with van der Waals surface area (Å²) in [5.41, 5.74) is 1.53. The average Bonchev–Trinajstić information content (AvgIpc) is 3.38. The summed E-state index contributed by atoms with van der Waals surface area (Å²) in [5.74, 6) is 0.0530. The highest BCUT2D eigenvalue weighted by molar-refractivity contribution is 7.10. The van der Waals surface area contributed by atoms with E-state index in [-0.39, 0.29) is 17.5 Å². The highest BCUT2D eigenvalue weighted by Crippen LogP contribution is 2.27. The predicted octanol–water partition coefficient (Wildman–Crippen LogP) is 4.39. The molecule has 156 valence electrons. The molecule has 0 fully saturated rings. The van der Waals surface area contributed by atoms with Crippen LogP contribution >= 0.6 is 11.3 Å². The van der Waals surface area contributed by atoms with Crippen molar-refractivity contribution in [2.45, 2.75) is 45.2 Å². The second kappa shape index (κ2) is 8.83. The summed E-state index contributed by atoms with van der Waals surface area (Å²) in [6, 6.07) is 12.1. The molecule has 4 aromatic rings. The number of fused-ring (bicyclic) bond motifs is 3. The molecule has 0 radical (unpaired) electrons. The minimum Gasteiger partial charge on any atom is -0.348 e. The van der Waals surface area contributed by atoms with Crippen LogP contribution in [0.4, 0.5) is 0 Å². The molecule has 0 saturated carbocycles. The fourth-order valence-corrected chi connectivity index (χ4v) is 4.81. The van der Waals surface area contributed by atoms with E-state index in [1.807, 2.05) is 40.3 Å². The molecule has 3 aromatic heterocycles. The molecule has 30 heavy (non-hydrogen) atoms. The molecule has 1 aromatic carbocycles. The van der Waals surface area contributed by atoms with E-state index in [2.05, 4.69) is 23.4 Å². The molecular formula is C23H26N4O2S. The third-order valence-electron chi connectivity index (χ3n) is 5.45. The summed E-state index contributed by atoms with van der Waals surface area (Å²) >= 11 is 1.68. The maximum atomic E-state index is 12.8. The molecule has 0 aliphatic carbocycles. The largest absolute Gasteiger partial charge is 0.348 e. The van der Waals surface area contributed by atoms with E-state index in [0.717, 1.165) is 29.1 Å². The van der Waals surface area contributed by atoms with Gasteiger partial charge in [0.1, 0.15) is 5.52 Å². The number of rotatable bonds is 8. The first kappa shape index (κ1) is 20.3. The van der Waals surface area contributed by atoms with Crippen LogP contribution in [0.3, 0.4) is 0 Å². The van der Waals surface area contributed by atoms with Gasteiger partial charge in [-0.2, -0.15) is 5.10 Å². The summed E-state index contributed by atoms with van der Waals surface area (Å²) in [6.07, 6.45) is 4.78. The molecule has 0 aliphatic heterocycles. The van der Waals surface area contributed by atoms with Crippen LogP contribution in [0.25, 0.3) is 21.8 Å². The van der Waals surface area contributed by atoms with Crippen molar-refractivity contribution in [3.8, 4) is 0 Å². The Morgan fingerprint density at radius 1 is 1.20 bits per heavy atom. The van der Waals surface area contributed by atoms with Crippen molar-refractivity contribution < 1.29 is 4.79 Å². The molecule has 0 saturated heterocycles. The molecule has 3 heterocycles. The van der Waals surface area contributed by atoms with Gasteiger partial charge in [-0.15, -0.1) is 11.3 Å². The van der Waals surface area contributed by atoms with E-state index < -0.39 is 0 Å². The van der Waals surface area contributed by atoms with E-state index in [4.69, 9.17) is 0 Å². The molecule has 1 atom stereocenters. The van der Waals surface area contributed by atoms with Crippen molar-refractivity contribution in [2.24, 2.45) is 7.05 Å². The van der Waals surface area contributed by atoms with Crippen molar-refractivity contribution in [3.05, 3.63) is 63.2 Å². The number of thiophene rings is 1. The smallest absolute Gasteiger partial charge is 0.291 e. The molecule has 7 heteroatoms. The van der Waals surface area contributed by atoms with E-state index in [1.165, 1.54) is 9.56 Å². The van der Waals surface area contributed by atoms with Gasteiger partial charge in [-0.25, -0.2) is 4.68 Å². The monoisotopic (exact) mass is 422 g/mol. The van der Waals surface area contributed by atoms with Gasteiger partial charge in [-0.1, -0.05) is 37.6 Å². The number of para-hydroxylation sites is 1. The van der Waals surface area contributed by atoms with Crippen molar-refractivity contribution in [3.63, 3.8) is 0 Å². The maximum absolute atomic E-state index is 12.8. The van der Waals surface area contributed by atoms with Crippen molar-refractivity contribution in [1.82, 2.24) is 19.7 Å². The summed E-state index contributed by atoms with van der Waals surface area (Å²) in [4.78, 5) is 26.6. The minimum absolute atomic E-state index is 0.0530. The first-order valence-electron chi connectivity index (χ1n) is 10.4. The fourth-order valence-electron chi connectivity index (χ4n) is 4.00. The lowest BCUT2D eigenvalue weighted by Gasteiger charge is -2.17. The average molecular weight is 423 g/mol. The molecule has 1 unspecified atom stereocenters. The number of nitrogens with one attached hydrogen (secondary N) is 1. The molecule has 1 amide bonds. The number of amides is 1. The highest BCUT2D eigenvalue weighted by Gasteiger charge is 2.17. The standard InChI is InChI=1S/C23H26N4O2S/c1-3-8-18(20-11-7-14-30-20)25-21(28)12-6-13-27-19-10-5-4-9-16(19)17-15-24-26(2)23(29)22(17)27/h4-5,7,9-11,14-15,18H,3,6,8,12-13H2,1-2H3,(H,25,28). The maximum Gasteiger partial charge on any atom is 0.291 e. The van der Waals surface area contributed by atoms with Gasteiger partial charge in [-0.3, -0.25) is 9.59 Å². The quantitative estimate of drug-likeness (QED) is 0.458.